The highest BCUT2D eigenvalue weighted by molar-refractivity contribution is 7.12. The summed E-state index contributed by atoms with van der Waals surface area (Å²) in [5.74, 6) is -0.447. The normalized spacial score (nSPS) is 10.1. The van der Waals surface area contributed by atoms with Crippen molar-refractivity contribution in [2.24, 2.45) is 5.73 Å². The van der Waals surface area contributed by atoms with Crippen molar-refractivity contribution >= 4 is 41.4 Å². The number of methoxy groups -OCH3 is 1. The molecule has 0 aliphatic carbocycles. The Bertz CT molecular complexity index is 1500. The molecule has 194 valence electrons. The van der Waals surface area contributed by atoms with E-state index >= 15 is 0 Å². The fraction of sp³-hybridized carbons (Fsp3) is 0.111. The minimum Gasteiger partial charge on any atom is -0.507 e. The van der Waals surface area contributed by atoms with Crippen molar-refractivity contribution in [3.05, 3.63) is 82.0 Å². The van der Waals surface area contributed by atoms with Gasteiger partial charge < -0.3 is 26.2 Å². The Balaban J connectivity index is 0.00000400. The number of thiophene rings is 1. The average Bonchev–Trinajstić information content (AvgIpc) is 3.46. The number of pyridine rings is 1. The summed E-state index contributed by atoms with van der Waals surface area (Å²) < 4.78 is 5.36. The summed E-state index contributed by atoms with van der Waals surface area (Å²) in [7, 11) is 1.45. The van der Waals surface area contributed by atoms with E-state index in [1.807, 2.05) is 0 Å². The van der Waals surface area contributed by atoms with Crippen molar-refractivity contribution in [1.82, 2.24) is 10.3 Å². The highest BCUT2D eigenvalue weighted by Crippen LogP contribution is 2.37. The second-order valence-corrected chi connectivity index (χ2v) is 8.75. The molecule has 0 atom stereocenters. The molecule has 11 heteroatoms. The second-order valence-electron chi connectivity index (χ2n) is 7.80. The van der Waals surface area contributed by atoms with E-state index in [2.05, 4.69) is 21.7 Å². The largest absolute Gasteiger partial charge is 0.507 e. The fourth-order valence-electron chi connectivity index (χ4n) is 3.72. The van der Waals surface area contributed by atoms with Crippen molar-refractivity contribution < 1.29 is 19.4 Å². The standard InChI is InChI=1S/C27H23N5O4S.ClH/c1-36-23-9-8-16(13-19(23)26(34)30-11-10-28)18-14-21(17-5-2-3-6-22(17)33)31-25(20(18)15-29)32-27(35)24-7-4-12-37-24;/h2-9,12-14,33H,10-11,28H2,1H3,(H,30,34)(H,31,32,35);1H. The van der Waals surface area contributed by atoms with Crippen LogP contribution in [0.5, 0.6) is 11.5 Å². The van der Waals surface area contributed by atoms with Crippen LogP contribution in [0.2, 0.25) is 0 Å². The third kappa shape index (κ3) is 5.92. The van der Waals surface area contributed by atoms with Crippen molar-refractivity contribution in [2.45, 2.75) is 0 Å². The van der Waals surface area contributed by atoms with Crippen LogP contribution in [-0.4, -0.2) is 42.1 Å². The summed E-state index contributed by atoms with van der Waals surface area (Å²) in [6.45, 7) is 0.551. The van der Waals surface area contributed by atoms with Gasteiger partial charge in [0.2, 0.25) is 0 Å². The second kappa shape index (κ2) is 12.7. The molecule has 0 aliphatic heterocycles. The van der Waals surface area contributed by atoms with Crippen molar-refractivity contribution in [3.63, 3.8) is 0 Å². The minimum absolute atomic E-state index is 0. The smallest absolute Gasteiger partial charge is 0.266 e. The lowest BCUT2D eigenvalue weighted by atomic mass is 9.96. The van der Waals surface area contributed by atoms with E-state index in [0.717, 1.165) is 0 Å². The van der Waals surface area contributed by atoms with Gasteiger partial charge in [-0.05, 0) is 47.3 Å². The first-order chi connectivity index (χ1) is 18.0. The Labute approximate surface area is 229 Å². The lowest BCUT2D eigenvalue weighted by molar-refractivity contribution is 0.0951. The van der Waals surface area contributed by atoms with Crippen LogP contribution in [-0.2, 0) is 0 Å². The summed E-state index contributed by atoms with van der Waals surface area (Å²) in [5.41, 5.74) is 7.54. The van der Waals surface area contributed by atoms with Gasteiger partial charge in [-0.25, -0.2) is 4.98 Å². The Morgan fingerprint density at radius 1 is 1.11 bits per heavy atom. The zero-order valence-corrected chi connectivity index (χ0v) is 21.9. The summed E-state index contributed by atoms with van der Waals surface area (Å²) in [6.07, 6.45) is 0. The molecule has 0 radical (unpaired) electrons. The Hall–Kier alpha value is -4.43. The van der Waals surface area contributed by atoms with Crippen LogP contribution in [0.25, 0.3) is 22.4 Å². The van der Waals surface area contributed by atoms with E-state index in [-0.39, 0.29) is 54.1 Å². The molecule has 9 nitrogen and oxygen atoms in total. The number of nitrogens with one attached hydrogen (secondary N) is 2. The Morgan fingerprint density at radius 2 is 1.89 bits per heavy atom. The van der Waals surface area contributed by atoms with Gasteiger partial charge >= 0.3 is 0 Å². The first-order valence-corrected chi connectivity index (χ1v) is 12.1. The molecule has 38 heavy (non-hydrogen) atoms. The molecule has 2 aromatic heterocycles. The molecule has 0 saturated heterocycles. The molecule has 5 N–H and O–H groups in total. The number of hydrogen-bond acceptors (Lipinski definition) is 8. The number of anilines is 1. The number of rotatable bonds is 8. The average molecular weight is 550 g/mol. The van der Waals surface area contributed by atoms with Crippen molar-refractivity contribution in [2.75, 3.05) is 25.5 Å². The number of nitrogens with zero attached hydrogens (tertiary/aromatic N) is 2. The van der Waals surface area contributed by atoms with Crippen LogP contribution in [0, 0.1) is 11.3 Å². The maximum Gasteiger partial charge on any atom is 0.266 e. The van der Waals surface area contributed by atoms with Crippen LogP contribution in [0.3, 0.4) is 0 Å². The molecule has 0 spiro atoms. The number of phenols is 1. The lowest BCUT2D eigenvalue weighted by Gasteiger charge is -2.15. The number of nitrogens with two attached hydrogens (primary N) is 1. The van der Waals surface area contributed by atoms with Gasteiger partial charge in [-0.2, -0.15) is 5.26 Å². The van der Waals surface area contributed by atoms with Crippen molar-refractivity contribution in [3.8, 4) is 40.0 Å². The molecule has 2 heterocycles. The highest BCUT2D eigenvalue weighted by Gasteiger charge is 2.21. The molecule has 4 aromatic rings. The number of hydrogen-bond donors (Lipinski definition) is 4. The summed E-state index contributed by atoms with van der Waals surface area (Å²) in [4.78, 5) is 30.6. The number of para-hydroxylation sites is 1. The summed E-state index contributed by atoms with van der Waals surface area (Å²) in [6, 6.07) is 18.7. The molecule has 2 aromatic carbocycles. The van der Waals surface area contributed by atoms with Gasteiger partial charge in [0, 0.05) is 24.2 Å². The fourth-order valence-corrected chi connectivity index (χ4v) is 4.33. The Kier molecular flexibility index (Phi) is 9.40. The quantitative estimate of drug-likeness (QED) is 0.254. The maximum absolute atomic E-state index is 12.9. The van der Waals surface area contributed by atoms with Gasteiger partial charge in [0.1, 0.15) is 23.1 Å². The molecule has 0 unspecified atom stereocenters. The number of benzene rings is 2. The SMILES string of the molecule is COc1ccc(-c2cc(-c3ccccc3O)nc(NC(=O)c3cccs3)c2C#N)cc1C(=O)NCCN.Cl. The number of nitriles is 1. The molecule has 2 amide bonds. The van der Waals surface area contributed by atoms with E-state index in [9.17, 15) is 20.0 Å². The lowest BCUT2D eigenvalue weighted by Crippen LogP contribution is -2.29. The predicted molar refractivity (Wildman–Crippen MR) is 149 cm³/mol. The monoisotopic (exact) mass is 549 g/mol. The molecule has 0 saturated carbocycles. The van der Waals surface area contributed by atoms with E-state index in [1.165, 1.54) is 24.5 Å². The van der Waals surface area contributed by atoms with Crippen LogP contribution in [0.1, 0.15) is 25.6 Å². The number of carbonyl (C=O) groups excluding carboxylic acids is 2. The van der Waals surface area contributed by atoms with Crippen LogP contribution in [0.4, 0.5) is 5.82 Å². The topological polar surface area (TPSA) is 150 Å². The zero-order chi connectivity index (χ0) is 26.4. The van der Waals surface area contributed by atoms with Crippen LogP contribution >= 0.6 is 23.7 Å². The maximum atomic E-state index is 12.9. The van der Waals surface area contributed by atoms with Gasteiger partial charge in [0.15, 0.2) is 5.82 Å². The minimum atomic E-state index is -0.420. The number of phenolic OH excluding ortho intramolecular Hbond substituents is 1. The molecule has 0 fully saturated rings. The first kappa shape index (κ1) is 28.1. The number of ether oxygens (including phenoxy) is 1. The van der Waals surface area contributed by atoms with Gasteiger partial charge in [-0.1, -0.05) is 24.3 Å². The van der Waals surface area contributed by atoms with Gasteiger partial charge in [-0.15, -0.1) is 23.7 Å². The number of carbonyl (C=O) groups is 2. The molecule has 4 rings (SSSR count). The van der Waals surface area contributed by atoms with E-state index in [0.29, 0.717) is 33.0 Å². The molecular weight excluding hydrogens is 526 g/mol. The molecule has 0 aliphatic rings. The number of amides is 2. The first-order valence-electron chi connectivity index (χ1n) is 11.2. The van der Waals surface area contributed by atoms with E-state index < -0.39 is 5.91 Å². The van der Waals surface area contributed by atoms with E-state index in [4.69, 9.17) is 10.5 Å². The van der Waals surface area contributed by atoms with Gasteiger partial charge in [0.05, 0.1) is 23.2 Å². The third-order valence-corrected chi connectivity index (χ3v) is 6.34. The van der Waals surface area contributed by atoms with Crippen LogP contribution < -0.4 is 21.1 Å². The van der Waals surface area contributed by atoms with E-state index in [1.54, 1.807) is 60.0 Å². The molecule has 0 bridgehead atoms. The number of halogens is 1. The van der Waals surface area contributed by atoms with Crippen LogP contribution in [0.15, 0.2) is 66.0 Å². The van der Waals surface area contributed by atoms with Gasteiger partial charge in [-0.3, -0.25) is 9.59 Å². The third-order valence-electron chi connectivity index (χ3n) is 5.47. The summed E-state index contributed by atoms with van der Waals surface area (Å²) >= 11 is 1.25. The van der Waals surface area contributed by atoms with Gasteiger partial charge in [0.25, 0.3) is 11.8 Å². The highest BCUT2D eigenvalue weighted by atomic mass is 35.5. The number of aromatic nitrogens is 1. The predicted octanol–water partition coefficient (Wildman–Crippen LogP) is 4.43. The zero-order valence-electron chi connectivity index (χ0n) is 20.2. The molecular formula is C27H24ClN5O4S. The van der Waals surface area contributed by atoms with Crippen molar-refractivity contribution in [1.29, 1.82) is 5.26 Å². The summed E-state index contributed by atoms with van der Waals surface area (Å²) in [5, 5.41) is 27.8. The number of aromatic hydroxyl groups is 1. The Morgan fingerprint density at radius 3 is 2.55 bits per heavy atom.